The van der Waals surface area contributed by atoms with Crippen LogP contribution in [0.3, 0.4) is 0 Å². The van der Waals surface area contributed by atoms with Gasteiger partial charge in [-0.25, -0.2) is 8.42 Å². The summed E-state index contributed by atoms with van der Waals surface area (Å²) in [6, 6.07) is 1.52. The Morgan fingerprint density at radius 2 is 1.31 bits per heavy atom. The lowest BCUT2D eigenvalue weighted by Crippen LogP contribution is -2.34. The average Bonchev–Trinajstić information content (AvgIpc) is 3.04. The molecular formula is C19H31N3O3S. The number of sulfonamides is 1. The zero-order valence-electron chi connectivity index (χ0n) is 15.6. The highest BCUT2D eigenvalue weighted by Crippen LogP contribution is 2.22. The minimum Gasteiger partial charge on any atom is -0.356 e. The van der Waals surface area contributed by atoms with Gasteiger partial charge in [-0.2, -0.15) is 4.31 Å². The molecule has 2 aliphatic rings. The first-order valence-corrected chi connectivity index (χ1v) is 11.5. The Labute approximate surface area is 157 Å². The van der Waals surface area contributed by atoms with Crippen LogP contribution < -0.4 is 0 Å². The Balaban J connectivity index is 1.71. The highest BCUT2D eigenvalue weighted by molar-refractivity contribution is 7.89. The van der Waals surface area contributed by atoms with Crippen molar-refractivity contribution in [3.63, 3.8) is 0 Å². The predicted molar refractivity (Wildman–Crippen MR) is 102 cm³/mol. The molecule has 3 rings (SSSR count). The van der Waals surface area contributed by atoms with Gasteiger partial charge in [0.1, 0.15) is 10.6 Å². The molecule has 7 heteroatoms. The molecule has 0 bridgehead atoms. The normalized spacial score (nSPS) is 21.5. The molecule has 146 valence electrons. The number of carbonyl (C=O) groups excluding carboxylic acids is 1. The molecule has 2 aliphatic heterocycles. The Morgan fingerprint density at radius 1 is 0.808 bits per heavy atom. The number of amides is 1. The molecule has 0 aliphatic carbocycles. The second kappa shape index (κ2) is 9.04. The van der Waals surface area contributed by atoms with Crippen molar-refractivity contribution in [2.75, 3.05) is 26.2 Å². The van der Waals surface area contributed by atoms with Gasteiger partial charge in [-0.3, -0.25) is 4.79 Å². The van der Waals surface area contributed by atoms with Crippen LogP contribution in [0.4, 0.5) is 0 Å². The summed E-state index contributed by atoms with van der Waals surface area (Å²) < 4.78 is 27.5. The molecular weight excluding hydrogens is 350 g/mol. The van der Waals surface area contributed by atoms with E-state index in [1.54, 1.807) is 4.31 Å². The zero-order chi connectivity index (χ0) is 18.4. The predicted octanol–water partition coefficient (Wildman–Crippen LogP) is 3.38. The van der Waals surface area contributed by atoms with Crippen LogP contribution in [0.25, 0.3) is 0 Å². The Hall–Kier alpha value is -1.34. The van der Waals surface area contributed by atoms with Gasteiger partial charge in [0.25, 0.3) is 5.91 Å². The topological polar surface area (TPSA) is 73.5 Å². The molecule has 6 nitrogen and oxygen atoms in total. The van der Waals surface area contributed by atoms with Gasteiger partial charge >= 0.3 is 0 Å². The van der Waals surface area contributed by atoms with Gasteiger partial charge in [0.2, 0.25) is 10.0 Å². The summed E-state index contributed by atoms with van der Waals surface area (Å²) in [6.07, 6.45) is 12.2. The Bertz CT molecular complexity index is 683. The van der Waals surface area contributed by atoms with Gasteiger partial charge < -0.3 is 9.88 Å². The van der Waals surface area contributed by atoms with E-state index >= 15 is 0 Å². The number of carbonyl (C=O) groups is 1. The molecule has 2 fully saturated rings. The van der Waals surface area contributed by atoms with E-state index in [0.29, 0.717) is 18.8 Å². The van der Waals surface area contributed by atoms with Crippen molar-refractivity contribution in [3.8, 4) is 0 Å². The monoisotopic (exact) mass is 381 g/mol. The van der Waals surface area contributed by atoms with Crippen LogP contribution in [-0.2, 0) is 10.0 Å². The summed E-state index contributed by atoms with van der Waals surface area (Å²) in [5.74, 6) is -0.0824. The number of rotatable bonds is 3. The summed E-state index contributed by atoms with van der Waals surface area (Å²) in [7, 11) is -3.53. The van der Waals surface area contributed by atoms with Crippen molar-refractivity contribution in [2.45, 2.75) is 69.1 Å². The number of nitrogens with one attached hydrogen (secondary N) is 1. The third-order valence-corrected chi connectivity index (χ3v) is 7.36. The van der Waals surface area contributed by atoms with Gasteiger partial charge in [-0.05, 0) is 31.7 Å². The molecule has 26 heavy (non-hydrogen) atoms. The number of H-pyrrole nitrogens is 1. The summed E-state index contributed by atoms with van der Waals surface area (Å²) in [6.45, 7) is 2.66. The number of hydrogen-bond donors (Lipinski definition) is 1. The van der Waals surface area contributed by atoms with Crippen molar-refractivity contribution in [3.05, 3.63) is 18.0 Å². The van der Waals surface area contributed by atoms with Crippen LogP contribution in [0.15, 0.2) is 17.2 Å². The zero-order valence-corrected chi connectivity index (χ0v) is 16.4. The molecule has 0 radical (unpaired) electrons. The van der Waals surface area contributed by atoms with Crippen molar-refractivity contribution >= 4 is 15.9 Å². The molecule has 0 atom stereocenters. The molecule has 0 unspecified atom stereocenters. The lowest BCUT2D eigenvalue weighted by atomic mass is 10.1. The first-order valence-electron chi connectivity index (χ1n) is 10.1. The first kappa shape index (κ1) is 19.4. The fraction of sp³-hybridized carbons (Fsp3) is 0.737. The maximum atomic E-state index is 12.9. The van der Waals surface area contributed by atoms with Crippen LogP contribution in [0.2, 0.25) is 0 Å². The first-order chi connectivity index (χ1) is 12.6. The molecule has 0 saturated carbocycles. The molecule has 1 amide bonds. The van der Waals surface area contributed by atoms with E-state index in [0.717, 1.165) is 64.5 Å². The average molecular weight is 382 g/mol. The number of aromatic amines is 1. The second-order valence-electron chi connectivity index (χ2n) is 7.48. The molecule has 0 spiro atoms. The fourth-order valence-electron chi connectivity index (χ4n) is 3.88. The lowest BCUT2D eigenvalue weighted by Gasteiger charge is -2.24. The number of aromatic nitrogens is 1. The summed E-state index contributed by atoms with van der Waals surface area (Å²) >= 11 is 0. The molecule has 1 aromatic rings. The van der Waals surface area contributed by atoms with Gasteiger partial charge in [0.05, 0.1) is 0 Å². The Kier molecular flexibility index (Phi) is 6.75. The lowest BCUT2D eigenvalue weighted by molar-refractivity contribution is 0.0737. The minimum absolute atomic E-state index is 0.0824. The van der Waals surface area contributed by atoms with E-state index in [-0.39, 0.29) is 10.8 Å². The van der Waals surface area contributed by atoms with Gasteiger partial charge in [0, 0.05) is 32.4 Å². The maximum absolute atomic E-state index is 12.9. The van der Waals surface area contributed by atoms with Crippen LogP contribution in [0.1, 0.15) is 74.7 Å². The third-order valence-electron chi connectivity index (χ3n) is 5.48. The van der Waals surface area contributed by atoms with Crippen molar-refractivity contribution < 1.29 is 13.2 Å². The molecule has 1 aromatic heterocycles. The van der Waals surface area contributed by atoms with E-state index < -0.39 is 10.0 Å². The van der Waals surface area contributed by atoms with E-state index in [1.807, 2.05) is 4.90 Å². The molecule has 3 heterocycles. The second-order valence-corrected chi connectivity index (χ2v) is 9.42. The number of hydrogen-bond acceptors (Lipinski definition) is 3. The molecule has 1 N–H and O–H groups in total. The summed E-state index contributed by atoms with van der Waals surface area (Å²) in [5.41, 5.74) is 0.385. The SMILES string of the molecule is O=C(c1cc(S(=O)(=O)N2CCCCCCC2)c[nH]1)N1CCCCCCC1. The van der Waals surface area contributed by atoms with E-state index in [1.165, 1.54) is 25.1 Å². The quantitative estimate of drug-likeness (QED) is 0.872. The van der Waals surface area contributed by atoms with Crippen LogP contribution in [0, 0.1) is 0 Å². The van der Waals surface area contributed by atoms with Crippen LogP contribution in [-0.4, -0.2) is 54.7 Å². The van der Waals surface area contributed by atoms with Crippen molar-refractivity contribution in [2.24, 2.45) is 0 Å². The van der Waals surface area contributed by atoms with E-state index in [2.05, 4.69) is 4.98 Å². The van der Waals surface area contributed by atoms with E-state index in [4.69, 9.17) is 0 Å². The van der Waals surface area contributed by atoms with Gasteiger partial charge in [-0.15, -0.1) is 0 Å². The fourth-order valence-corrected chi connectivity index (χ4v) is 5.39. The highest BCUT2D eigenvalue weighted by Gasteiger charge is 2.27. The van der Waals surface area contributed by atoms with E-state index in [9.17, 15) is 13.2 Å². The van der Waals surface area contributed by atoms with Crippen molar-refractivity contribution in [1.82, 2.24) is 14.2 Å². The number of nitrogens with zero attached hydrogens (tertiary/aromatic N) is 2. The van der Waals surface area contributed by atoms with Crippen molar-refractivity contribution in [1.29, 1.82) is 0 Å². The largest absolute Gasteiger partial charge is 0.356 e. The van der Waals surface area contributed by atoms with Crippen LogP contribution in [0.5, 0.6) is 0 Å². The maximum Gasteiger partial charge on any atom is 0.270 e. The number of likely N-dealkylation sites (tertiary alicyclic amines) is 1. The molecule has 0 aromatic carbocycles. The minimum atomic E-state index is -3.53. The third kappa shape index (κ3) is 4.68. The summed E-state index contributed by atoms with van der Waals surface area (Å²) in [5, 5.41) is 0. The van der Waals surface area contributed by atoms with Gasteiger partial charge in [-0.1, -0.05) is 38.5 Å². The Morgan fingerprint density at radius 3 is 1.88 bits per heavy atom. The van der Waals surface area contributed by atoms with Gasteiger partial charge in [0.15, 0.2) is 0 Å². The standard InChI is InChI=1S/C19H31N3O3S/c23-19(21-11-7-3-1-4-8-12-21)18-15-17(16-20-18)26(24,25)22-13-9-5-2-6-10-14-22/h15-16,20H,1-14H2. The molecule has 2 saturated heterocycles. The summed E-state index contributed by atoms with van der Waals surface area (Å²) in [4.78, 5) is 17.8. The highest BCUT2D eigenvalue weighted by atomic mass is 32.2. The van der Waals surface area contributed by atoms with Crippen LogP contribution >= 0.6 is 0 Å². The smallest absolute Gasteiger partial charge is 0.270 e.